The number of hydrogen-bond donors (Lipinski definition) is 1. The maximum Gasteiger partial charge on any atom is 0.118 e. The van der Waals surface area contributed by atoms with Crippen LogP contribution in [0.1, 0.15) is 29.4 Å². The van der Waals surface area contributed by atoms with Crippen molar-refractivity contribution in [3.63, 3.8) is 0 Å². The molecule has 0 bridgehead atoms. The van der Waals surface area contributed by atoms with Crippen molar-refractivity contribution in [1.82, 2.24) is 10.3 Å². The highest BCUT2D eigenvalue weighted by atomic mass is 32.2. The fraction of sp³-hybridized carbons (Fsp3) is 0.462. The standard InChI is InChI=1S/C13H18N2OS2/c1-10(13-15-5-6-18-13)7-14-8-11-3-4-12(16-11)9-17-2/h3-6,10,14H,7-9H2,1-2H3. The molecule has 2 heterocycles. The Hall–Kier alpha value is -0.780. The Bertz CT molecular complexity index is 453. The molecule has 3 nitrogen and oxygen atoms in total. The van der Waals surface area contributed by atoms with Crippen LogP contribution >= 0.6 is 23.1 Å². The summed E-state index contributed by atoms with van der Waals surface area (Å²) in [5, 5.41) is 6.62. The van der Waals surface area contributed by atoms with E-state index in [4.69, 9.17) is 4.42 Å². The Morgan fingerprint density at radius 1 is 1.44 bits per heavy atom. The van der Waals surface area contributed by atoms with Crippen molar-refractivity contribution >= 4 is 23.1 Å². The van der Waals surface area contributed by atoms with Crippen molar-refractivity contribution in [1.29, 1.82) is 0 Å². The molecule has 18 heavy (non-hydrogen) atoms. The number of nitrogens with one attached hydrogen (secondary N) is 1. The van der Waals surface area contributed by atoms with Crippen molar-refractivity contribution in [3.8, 4) is 0 Å². The lowest BCUT2D eigenvalue weighted by Crippen LogP contribution is -2.19. The number of furan rings is 1. The van der Waals surface area contributed by atoms with Crippen molar-refractivity contribution in [2.75, 3.05) is 12.8 Å². The molecule has 2 rings (SSSR count). The second-order valence-corrected chi connectivity index (χ2v) is 6.00. The predicted octanol–water partition coefficient (Wildman–Crippen LogP) is 3.49. The Morgan fingerprint density at radius 3 is 3.00 bits per heavy atom. The number of hydrogen-bond acceptors (Lipinski definition) is 5. The Labute approximate surface area is 116 Å². The minimum Gasteiger partial charge on any atom is -0.464 e. The van der Waals surface area contributed by atoms with E-state index in [-0.39, 0.29) is 0 Å². The molecule has 1 unspecified atom stereocenters. The van der Waals surface area contributed by atoms with Crippen molar-refractivity contribution < 1.29 is 4.42 Å². The molecule has 0 aliphatic carbocycles. The van der Waals surface area contributed by atoms with Gasteiger partial charge < -0.3 is 9.73 Å². The van der Waals surface area contributed by atoms with Gasteiger partial charge in [0.25, 0.3) is 0 Å². The molecule has 98 valence electrons. The molecule has 1 atom stereocenters. The number of thioether (sulfide) groups is 1. The minimum absolute atomic E-state index is 0.450. The zero-order chi connectivity index (χ0) is 12.8. The number of aromatic nitrogens is 1. The van der Waals surface area contributed by atoms with Crippen LogP contribution in [-0.2, 0) is 12.3 Å². The van der Waals surface area contributed by atoms with E-state index in [0.717, 1.165) is 30.4 Å². The highest BCUT2D eigenvalue weighted by molar-refractivity contribution is 7.97. The minimum atomic E-state index is 0.450. The molecule has 5 heteroatoms. The fourth-order valence-electron chi connectivity index (χ4n) is 1.71. The fourth-order valence-corrected chi connectivity index (χ4v) is 2.85. The number of thiazole rings is 1. The van der Waals surface area contributed by atoms with Crippen LogP contribution in [0, 0.1) is 0 Å². The SMILES string of the molecule is CSCc1ccc(CNCC(C)c2nccs2)o1. The summed E-state index contributed by atoms with van der Waals surface area (Å²) in [5.74, 6) is 3.44. The monoisotopic (exact) mass is 282 g/mol. The summed E-state index contributed by atoms with van der Waals surface area (Å²) in [7, 11) is 0. The zero-order valence-corrected chi connectivity index (χ0v) is 12.3. The van der Waals surface area contributed by atoms with Gasteiger partial charge in [-0.05, 0) is 18.4 Å². The average Bonchev–Trinajstić information content (AvgIpc) is 3.00. The molecule has 0 aliphatic rings. The third kappa shape index (κ3) is 3.86. The summed E-state index contributed by atoms with van der Waals surface area (Å²) in [4.78, 5) is 4.32. The summed E-state index contributed by atoms with van der Waals surface area (Å²) in [6.45, 7) is 3.89. The first-order valence-corrected chi connectivity index (χ1v) is 8.23. The first kappa shape index (κ1) is 13.6. The zero-order valence-electron chi connectivity index (χ0n) is 10.7. The molecular formula is C13H18N2OS2. The largest absolute Gasteiger partial charge is 0.464 e. The highest BCUT2D eigenvalue weighted by Crippen LogP contribution is 2.17. The van der Waals surface area contributed by atoms with E-state index in [1.54, 1.807) is 23.1 Å². The molecule has 0 amide bonds. The van der Waals surface area contributed by atoms with Crippen LogP contribution < -0.4 is 5.32 Å². The van der Waals surface area contributed by atoms with Crippen LogP contribution in [0.4, 0.5) is 0 Å². The van der Waals surface area contributed by atoms with Gasteiger partial charge in [0, 0.05) is 24.0 Å². The molecule has 0 aromatic carbocycles. The summed E-state index contributed by atoms with van der Waals surface area (Å²) >= 11 is 3.48. The van der Waals surface area contributed by atoms with Gasteiger partial charge in [0.1, 0.15) is 11.5 Å². The van der Waals surface area contributed by atoms with Crippen LogP contribution in [0.5, 0.6) is 0 Å². The van der Waals surface area contributed by atoms with Crippen LogP contribution in [0.3, 0.4) is 0 Å². The molecule has 0 saturated carbocycles. The van der Waals surface area contributed by atoms with Crippen LogP contribution in [0.2, 0.25) is 0 Å². The summed E-state index contributed by atoms with van der Waals surface area (Å²) in [6.07, 6.45) is 3.94. The third-order valence-corrected chi connectivity index (χ3v) is 4.21. The highest BCUT2D eigenvalue weighted by Gasteiger charge is 2.08. The van der Waals surface area contributed by atoms with E-state index >= 15 is 0 Å². The lowest BCUT2D eigenvalue weighted by molar-refractivity contribution is 0.455. The van der Waals surface area contributed by atoms with Gasteiger partial charge in [-0.2, -0.15) is 11.8 Å². The summed E-state index contributed by atoms with van der Waals surface area (Å²) in [6, 6.07) is 4.10. The van der Waals surface area contributed by atoms with Gasteiger partial charge in [-0.1, -0.05) is 6.92 Å². The molecule has 2 aromatic rings. The van der Waals surface area contributed by atoms with Crippen LogP contribution in [-0.4, -0.2) is 17.8 Å². The Morgan fingerprint density at radius 2 is 2.28 bits per heavy atom. The van der Waals surface area contributed by atoms with Crippen LogP contribution in [0.15, 0.2) is 28.1 Å². The molecule has 0 aliphatic heterocycles. The van der Waals surface area contributed by atoms with E-state index < -0.39 is 0 Å². The first-order chi connectivity index (χ1) is 8.79. The van der Waals surface area contributed by atoms with E-state index in [0.29, 0.717) is 5.92 Å². The maximum absolute atomic E-state index is 5.70. The molecule has 0 radical (unpaired) electrons. The number of nitrogens with zero attached hydrogens (tertiary/aromatic N) is 1. The van der Waals surface area contributed by atoms with E-state index in [1.807, 2.05) is 17.6 Å². The normalized spacial score (nSPS) is 12.8. The molecule has 0 saturated heterocycles. The van der Waals surface area contributed by atoms with Gasteiger partial charge in [0.2, 0.25) is 0 Å². The molecular weight excluding hydrogens is 264 g/mol. The smallest absolute Gasteiger partial charge is 0.118 e. The molecule has 0 fully saturated rings. The predicted molar refractivity (Wildman–Crippen MR) is 78.2 cm³/mol. The lowest BCUT2D eigenvalue weighted by Gasteiger charge is -2.08. The van der Waals surface area contributed by atoms with Crippen molar-refractivity contribution in [2.45, 2.75) is 25.1 Å². The average molecular weight is 282 g/mol. The second-order valence-electron chi connectivity index (χ2n) is 4.20. The first-order valence-electron chi connectivity index (χ1n) is 5.96. The Balaban J connectivity index is 1.74. The lowest BCUT2D eigenvalue weighted by atomic mass is 10.2. The topological polar surface area (TPSA) is 38.1 Å². The second kappa shape index (κ2) is 6.97. The van der Waals surface area contributed by atoms with Gasteiger partial charge in [-0.15, -0.1) is 11.3 Å². The number of rotatable bonds is 7. The molecule has 2 aromatic heterocycles. The van der Waals surface area contributed by atoms with Gasteiger partial charge in [0.05, 0.1) is 17.3 Å². The van der Waals surface area contributed by atoms with Crippen molar-refractivity contribution in [2.24, 2.45) is 0 Å². The van der Waals surface area contributed by atoms with Gasteiger partial charge in [-0.3, -0.25) is 0 Å². The van der Waals surface area contributed by atoms with Gasteiger partial charge in [0.15, 0.2) is 0 Å². The van der Waals surface area contributed by atoms with E-state index in [9.17, 15) is 0 Å². The van der Waals surface area contributed by atoms with Gasteiger partial charge in [-0.25, -0.2) is 4.98 Å². The maximum atomic E-state index is 5.70. The van der Waals surface area contributed by atoms with Crippen molar-refractivity contribution in [3.05, 3.63) is 40.2 Å². The summed E-state index contributed by atoms with van der Waals surface area (Å²) < 4.78 is 5.70. The quantitative estimate of drug-likeness (QED) is 0.843. The Kier molecular flexibility index (Phi) is 5.28. The van der Waals surface area contributed by atoms with Gasteiger partial charge >= 0.3 is 0 Å². The molecule has 0 spiro atoms. The van der Waals surface area contributed by atoms with E-state index in [2.05, 4.69) is 29.5 Å². The third-order valence-electron chi connectivity index (χ3n) is 2.63. The van der Waals surface area contributed by atoms with Crippen LogP contribution in [0.25, 0.3) is 0 Å². The summed E-state index contributed by atoms with van der Waals surface area (Å²) in [5.41, 5.74) is 0. The molecule has 1 N–H and O–H groups in total. The van der Waals surface area contributed by atoms with E-state index in [1.165, 1.54) is 5.01 Å².